The molecule has 0 atom stereocenters. The monoisotopic (exact) mass is 404 g/mol. The van der Waals surface area contributed by atoms with Crippen molar-refractivity contribution < 1.29 is 19.0 Å². The molecule has 2 heterocycles. The molecule has 0 saturated heterocycles. The number of aryl methyl sites for hydroxylation is 2. The Balaban J connectivity index is 1.53. The Labute approximate surface area is 174 Å². The number of aliphatic hydroxyl groups excluding tert-OH is 2. The maximum Gasteiger partial charge on any atom is 0.226 e. The molecule has 30 heavy (non-hydrogen) atoms. The Hall–Kier alpha value is -3.22. The maximum absolute atomic E-state index is 9.12. The van der Waals surface area contributed by atoms with Gasteiger partial charge in [0.05, 0.1) is 11.4 Å². The van der Waals surface area contributed by atoms with E-state index in [-0.39, 0.29) is 13.2 Å². The van der Waals surface area contributed by atoms with Gasteiger partial charge in [-0.05, 0) is 49.2 Å². The summed E-state index contributed by atoms with van der Waals surface area (Å²) in [5.74, 6) is 2.61. The molecule has 0 radical (unpaired) electrons. The highest BCUT2D eigenvalue weighted by Crippen LogP contribution is 2.28. The Kier molecular flexibility index (Phi) is 5.79. The van der Waals surface area contributed by atoms with Gasteiger partial charge in [0, 0.05) is 37.2 Å². The number of aliphatic hydroxyl groups is 2. The van der Waals surface area contributed by atoms with E-state index in [1.54, 1.807) is 0 Å². The summed E-state index contributed by atoms with van der Waals surface area (Å²) in [6, 6.07) is 16.1. The molecular weight excluding hydrogens is 380 g/mol. The second kappa shape index (κ2) is 8.65. The molecule has 0 aliphatic carbocycles. The third-order valence-corrected chi connectivity index (χ3v) is 5.08. The molecule has 6 heteroatoms. The highest BCUT2D eigenvalue weighted by Gasteiger charge is 2.13. The third kappa shape index (κ3) is 4.06. The number of hydrogen-bond acceptors (Lipinski definition) is 6. The van der Waals surface area contributed by atoms with Crippen LogP contribution in [0.15, 0.2) is 57.4 Å². The number of rotatable bonds is 7. The minimum Gasteiger partial charge on any atom is -0.441 e. The minimum atomic E-state index is 0.0532. The molecule has 0 bridgehead atoms. The van der Waals surface area contributed by atoms with E-state index >= 15 is 0 Å². The van der Waals surface area contributed by atoms with E-state index in [0.717, 1.165) is 45.2 Å². The van der Waals surface area contributed by atoms with Crippen LogP contribution < -0.4 is 0 Å². The van der Waals surface area contributed by atoms with E-state index in [1.807, 2.05) is 62.4 Å². The van der Waals surface area contributed by atoms with Gasteiger partial charge in [0.2, 0.25) is 11.8 Å². The van der Waals surface area contributed by atoms with Crippen LogP contribution >= 0.6 is 0 Å². The molecular formula is C24H24N2O4. The Morgan fingerprint density at radius 2 is 0.933 bits per heavy atom. The predicted molar refractivity (Wildman–Crippen MR) is 114 cm³/mol. The molecule has 4 aromatic rings. The minimum absolute atomic E-state index is 0.0532. The second-order valence-electron chi connectivity index (χ2n) is 7.15. The summed E-state index contributed by atoms with van der Waals surface area (Å²) >= 11 is 0. The molecule has 2 aromatic carbocycles. The summed E-state index contributed by atoms with van der Waals surface area (Å²) in [6.07, 6.45) is 0.983. The van der Waals surface area contributed by atoms with Crippen LogP contribution in [0.5, 0.6) is 0 Å². The maximum atomic E-state index is 9.12. The fourth-order valence-electron chi connectivity index (χ4n) is 3.39. The van der Waals surface area contributed by atoms with Crippen molar-refractivity contribution in [2.45, 2.75) is 26.7 Å². The van der Waals surface area contributed by atoms with Crippen LogP contribution in [0, 0.1) is 13.8 Å². The molecule has 0 spiro atoms. The summed E-state index contributed by atoms with van der Waals surface area (Å²) in [5.41, 5.74) is 5.53. The lowest BCUT2D eigenvalue weighted by atomic mass is 10.0. The Morgan fingerprint density at radius 3 is 1.27 bits per heavy atom. The topological polar surface area (TPSA) is 92.5 Å². The van der Waals surface area contributed by atoms with E-state index in [4.69, 9.17) is 19.0 Å². The van der Waals surface area contributed by atoms with Crippen molar-refractivity contribution in [2.24, 2.45) is 0 Å². The summed E-state index contributed by atoms with van der Waals surface area (Å²) < 4.78 is 11.5. The fraction of sp³-hybridized carbons (Fsp3) is 0.250. The SMILES string of the molecule is Cc1oc(-c2ccc(-c3ccc(-c4nc(CCO)c(C)o4)cc3)cc2)nc1CCO. The zero-order valence-corrected chi connectivity index (χ0v) is 17.1. The summed E-state index contributed by atoms with van der Waals surface area (Å²) in [4.78, 5) is 8.96. The Morgan fingerprint density at radius 1 is 0.600 bits per heavy atom. The fourth-order valence-corrected chi connectivity index (χ4v) is 3.39. The quantitative estimate of drug-likeness (QED) is 0.476. The van der Waals surface area contributed by atoms with Gasteiger partial charge in [-0.1, -0.05) is 24.3 Å². The van der Waals surface area contributed by atoms with E-state index in [1.165, 1.54) is 0 Å². The Bertz CT molecular complexity index is 1030. The first-order valence-electron chi connectivity index (χ1n) is 9.94. The van der Waals surface area contributed by atoms with Crippen molar-refractivity contribution in [1.82, 2.24) is 9.97 Å². The zero-order valence-electron chi connectivity index (χ0n) is 17.1. The van der Waals surface area contributed by atoms with Crippen molar-refractivity contribution in [3.63, 3.8) is 0 Å². The first-order chi connectivity index (χ1) is 14.6. The van der Waals surface area contributed by atoms with Crippen LogP contribution in [-0.2, 0) is 12.8 Å². The van der Waals surface area contributed by atoms with E-state index in [0.29, 0.717) is 24.6 Å². The van der Waals surface area contributed by atoms with Crippen LogP contribution in [0.4, 0.5) is 0 Å². The van der Waals surface area contributed by atoms with Gasteiger partial charge >= 0.3 is 0 Å². The molecule has 0 fully saturated rings. The lowest BCUT2D eigenvalue weighted by Gasteiger charge is -2.04. The molecule has 0 aliphatic rings. The molecule has 2 N–H and O–H groups in total. The lowest BCUT2D eigenvalue weighted by Crippen LogP contribution is -1.92. The normalized spacial score (nSPS) is 11.2. The summed E-state index contributed by atoms with van der Waals surface area (Å²) in [6.45, 7) is 3.83. The molecule has 4 rings (SSSR count). The van der Waals surface area contributed by atoms with Crippen molar-refractivity contribution in [3.8, 4) is 34.0 Å². The van der Waals surface area contributed by atoms with E-state index in [2.05, 4.69) is 9.97 Å². The molecule has 0 aliphatic heterocycles. The first-order valence-corrected chi connectivity index (χ1v) is 9.94. The molecule has 2 aromatic heterocycles. The van der Waals surface area contributed by atoms with Crippen LogP contribution in [0.1, 0.15) is 22.9 Å². The lowest BCUT2D eigenvalue weighted by molar-refractivity contribution is 0.297. The van der Waals surface area contributed by atoms with E-state index in [9.17, 15) is 0 Å². The average Bonchev–Trinajstić information content (AvgIpc) is 3.32. The van der Waals surface area contributed by atoms with Gasteiger partial charge in [-0.15, -0.1) is 0 Å². The number of oxazole rings is 2. The van der Waals surface area contributed by atoms with Crippen molar-refractivity contribution >= 4 is 0 Å². The average molecular weight is 404 g/mol. The van der Waals surface area contributed by atoms with Gasteiger partial charge in [0.25, 0.3) is 0 Å². The first kappa shape index (κ1) is 20.1. The standard InChI is InChI=1S/C24H24N2O4/c1-15-21(11-13-27)25-23(29-15)19-7-3-17(4-8-19)18-5-9-20(10-6-18)24-26-22(12-14-28)16(2)30-24/h3-10,27-28H,11-14H2,1-2H3. The van der Waals surface area contributed by atoms with Gasteiger partial charge in [0.1, 0.15) is 11.5 Å². The van der Waals surface area contributed by atoms with Crippen LogP contribution in [0.3, 0.4) is 0 Å². The van der Waals surface area contributed by atoms with Gasteiger partial charge in [-0.2, -0.15) is 0 Å². The molecule has 0 amide bonds. The third-order valence-electron chi connectivity index (χ3n) is 5.08. The number of nitrogens with zero attached hydrogens (tertiary/aromatic N) is 2. The van der Waals surface area contributed by atoms with Crippen LogP contribution in [0.25, 0.3) is 34.0 Å². The van der Waals surface area contributed by atoms with Crippen LogP contribution in [-0.4, -0.2) is 33.4 Å². The van der Waals surface area contributed by atoms with Gasteiger partial charge in [0.15, 0.2) is 0 Å². The predicted octanol–water partition coefficient (Wildman–Crippen LogP) is 4.35. The molecule has 6 nitrogen and oxygen atoms in total. The van der Waals surface area contributed by atoms with E-state index < -0.39 is 0 Å². The second-order valence-corrected chi connectivity index (χ2v) is 7.15. The van der Waals surface area contributed by atoms with Crippen molar-refractivity contribution in [1.29, 1.82) is 0 Å². The zero-order chi connectivity index (χ0) is 21.1. The number of hydrogen-bond donors (Lipinski definition) is 2. The van der Waals surface area contributed by atoms with Crippen LogP contribution in [0.2, 0.25) is 0 Å². The largest absolute Gasteiger partial charge is 0.441 e. The van der Waals surface area contributed by atoms with Crippen molar-refractivity contribution in [3.05, 3.63) is 71.4 Å². The molecule has 0 saturated carbocycles. The smallest absolute Gasteiger partial charge is 0.226 e. The number of aromatic nitrogens is 2. The summed E-state index contributed by atoms with van der Waals surface area (Å²) in [5, 5.41) is 18.2. The highest BCUT2D eigenvalue weighted by atomic mass is 16.4. The summed E-state index contributed by atoms with van der Waals surface area (Å²) in [7, 11) is 0. The van der Waals surface area contributed by atoms with Gasteiger partial charge in [-0.25, -0.2) is 9.97 Å². The molecule has 0 unspecified atom stereocenters. The van der Waals surface area contributed by atoms with Gasteiger partial charge < -0.3 is 19.0 Å². The molecule has 154 valence electrons. The van der Waals surface area contributed by atoms with Crippen molar-refractivity contribution in [2.75, 3.05) is 13.2 Å². The highest BCUT2D eigenvalue weighted by molar-refractivity contribution is 5.70. The number of benzene rings is 2. The van der Waals surface area contributed by atoms with Gasteiger partial charge in [-0.3, -0.25) is 0 Å².